The van der Waals surface area contributed by atoms with Gasteiger partial charge in [0.15, 0.2) is 11.6 Å². The van der Waals surface area contributed by atoms with E-state index in [9.17, 15) is 8.42 Å². The van der Waals surface area contributed by atoms with Crippen LogP contribution in [0.2, 0.25) is 0 Å². The van der Waals surface area contributed by atoms with Crippen LogP contribution in [0.4, 0.5) is 11.6 Å². The number of anilines is 2. The monoisotopic (exact) mass is 362 g/mol. The van der Waals surface area contributed by atoms with Crippen molar-refractivity contribution < 1.29 is 8.42 Å². The van der Waals surface area contributed by atoms with Crippen LogP contribution in [0.25, 0.3) is 0 Å². The Balaban J connectivity index is 2.13. The highest BCUT2D eigenvalue weighted by Crippen LogP contribution is 2.17. The van der Waals surface area contributed by atoms with Crippen LogP contribution in [-0.2, 0) is 16.4 Å². The summed E-state index contributed by atoms with van der Waals surface area (Å²) in [5.74, 6) is 0.982. The molecule has 25 heavy (non-hydrogen) atoms. The summed E-state index contributed by atoms with van der Waals surface area (Å²) in [6.45, 7) is 8.05. The average Bonchev–Trinajstić information content (AvgIpc) is 2.62. The zero-order valence-corrected chi connectivity index (χ0v) is 15.9. The second-order valence-electron chi connectivity index (χ2n) is 5.87. The molecule has 0 aliphatic carbocycles. The number of aryl methyl sites for hydroxylation is 1. The predicted octanol–water partition coefficient (Wildman–Crippen LogP) is 3.47. The standard InChI is InChI=1S/C18H26N4O2S/c1-4-13-22(14-5-2)18-12-11-17(19-20-18)21-25(23,24)16-9-7-15(6-3)8-10-16/h7-12H,4-6,13-14H2,1-3H3,(H,19,21). The van der Waals surface area contributed by atoms with E-state index in [2.05, 4.69) is 33.7 Å². The third-order valence-electron chi connectivity index (χ3n) is 3.84. The maximum atomic E-state index is 12.4. The summed E-state index contributed by atoms with van der Waals surface area (Å²) in [5, 5.41) is 8.20. The van der Waals surface area contributed by atoms with Crippen molar-refractivity contribution in [3.8, 4) is 0 Å². The SMILES string of the molecule is CCCN(CCC)c1ccc(NS(=O)(=O)c2ccc(CC)cc2)nn1. The van der Waals surface area contributed by atoms with Crippen molar-refractivity contribution in [3.05, 3.63) is 42.0 Å². The highest BCUT2D eigenvalue weighted by atomic mass is 32.2. The smallest absolute Gasteiger partial charge is 0.263 e. The van der Waals surface area contributed by atoms with Crippen LogP contribution in [0.15, 0.2) is 41.3 Å². The highest BCUT2D eigenvalue weighted by Gasteiger charge is 2.15. The van der Waals surface area contributed by atoms with Gasteiger partial charge in [-0.15, -0.1) is 10.2 Å². The number of hydrogen-bond acceptors (Lipinski definition) is 5. The first-order valence-electron chi connectivity index (χ1n) is 8.70. The van der Waals surface area contributed by atoms with Crippen LogP contribution in [0.1, 0.15) is 39.2 Å². The maximum Gasteiger partial charge on any atom is 0.263 e. The Kier molecular flexibility index (Phi) is 6.75. The highest BCUT2D eigenvalue weighted by molar-refractivity contribution is 7.92. The van der Waals surface area contributed by atoms with Gasteiger partial charge in [-0.3, -0.25) is 4.72 Å². The van der Waals surface area contributed by atoms with Gasteiger partial charge in [0, 0.05) is 13.1 Å². The third-order valence-corrected chi connectivity index (χ3v) is 5.21. The molecular weight excluding hydrogens is 336 g/mol. The van der Waals surface area contributed by atoms with Crippen molar-refractivity contribution in [2.75, 3.05) is 22.7 Å². The third kappa shape index (κ3) is 5.16. The Labute approximate surface area is 150 Å². The van der Waals surface area contributed by atoms with Gasteiger partial charge in [0.25, 0.3) is 10.0 Å². The molecule has 0 saturated carbocycles. The summed E-state index contributed by atoms with van der Waals surface area (Å²) in [4.78, 5) is 2.36. The molecule has 0 spiro atoms. The van der Waals surface area contributed by atoms with Crippen LogP contribution < -0.4 is 9.62 Å². The molecule has 2 aromatic rings. The molecule has 0 atom stereocenters. The first-order valence-corrected chi connectivity index (χ1v) is 10.2. The van der Waals surface area contributed by atoms with E-state index in [0.717, 1.165) is 43.7 Å². The molecule has 0 radical (unpaired) electrons. The zero-order valence-electron chi connectivity index (χ0n) is 15.1. The molecule has 0 aliphatic rings. The summed E-state index contributed by atoms with van der Waals surface area (Å²) >= 11 is 0. The molecule has 1 heterocycles. The van der Waals surface area contributed by atoms with Crippen molar-refractivity contribution in [1.29, 1.82) is 0 Å². The molecule has 0 saturated heterocycles. The first kappa shape index (κ1) is 19.2. The first-order chi connectivity index (χ1) is 12.0. The van der Waals surface area contributed by atoms with Gasteiger partial charge in [0.2, 0.25) is 0 Å². The fraction of sp³-hybridized carbons (Fsp3) is 0.444. The Bertz CT molecular complexity index is 753. The minimum atomic E-state index is -3.66. The Morgan fingerprint density at radius 2 is 1.56 bits per heavy atom. The van der Waals surface area contributed by atoms with Crippen LogP contribution >= 0.6 is 0 Å². The molecular formula is C18H26N4O2S. The molecule has 1 aromatic heterocycles. The van der Waals surface area contributed by atoms with Gasteiger partial charge in [-0.2, -0.15) is 0 Å². The lowest BCUT2D eigenvalue weighted by atomic mass is 10.2. The molecule has 2 rings (SSSR count). The normalized spacial score (nSPS) is 11.3. The minimum Gasteiger partial charge on any atom is -0.355 e. The molecule has 136 valence electrons. The van der Waals surface area contributed by atoms with Crippen LogP contribution in [0.3, 0.4) is 0 Å². The van der Waals surface area contributed by atoms with E-state index in [1.807, 2.05) is 19.1 Å². The maximum absolute atomic E-state index is 12.4. The van der Waals surface area contributed by atoms with Crippen LogP contribution in [-0.4, -0.2) is 31.7 Å². The van der Waals surface area contributed by atoms with E-state index in [-0.39, 0.29) is 10.7 Å². The van der Waals surface area contributed by atoms with E-state index < -0.39 is 10.0 Å². The number of aromatic nitrogens is 2. The van der Waals surface area contributed by atoms with Gasteiger partial charge in [0.1, 0.15) is 0 Å². The molecule has 0 fully saturated rings. The van der Waals surface area contributed by atoms with E-state index in [4.69, 9.17) is 0 Å². The van der Waals surface area contributed by atoms with E-state index in [0.29, 0.717) is 0 Å². The minimum absolute atomic E-state index is 0.217. The summed E-state index contributed by atoms with van der Waals surface area (Å²) in [7, 11) is -3.66. The van der Waals surface area contributed by atoms with E-state index in [1.54, 1.807) is 24.3 Å². The molecule has 6 nitrogen and oxygen atoms in total. The van der Waals surface area contributed by atoms with Gasteiger partial charge < -0.3 is 4.90 Å². The molecule has 0 aliphatic heterocycles. The van der Waals surface area contributed by atoms with E-state index in [1.165, 1.54) is 0 Å². The summed E-state index contributed by atoms with van der Waals surface area (Å²) in [6.07, 6.45) is 2.90. The molecule has 0 unspecified atom stereocenters. The fourth-order valence-electron chi connectivity index (χ4n) is 2.53. The van der Waals surface area contributed by atoms with Crippen LogP contribution in [0.5, 0.6) is 0 Å². The number of benzene rings is 1. The lowest BCUT2D eigenvalue weighted by Crippen LogP contribution is -2.26. The van der Waals surface area contributed by atoms with Crippen LogP contribution in [0, 0.1) is 0 Å². The van der Waals surface area contributed by atoms with Crippen molar-refractivity contribution in [1.82, 2.24) is 10.2 Å². The Morgan fingerprint density at radius 3 is 2.04 bits per heavy atom. The fourth-order valence-corrected chi connectivity index (χ4v) is 3.53. The topological polar surface area (TPSA) is 75.2 Å². The molecule has 0 amide bonds. The number of nitrogens with one attached hydrogen (secondary N) is 1. The van der Waals surface area contributed by atoms with Gasteiger partial charge in [-0.25, -0.2) is 8.42 Å². The van der Waals surface area contributed by atoms with Crippen molar-refractivity contribution in [2.45, 2.75) is 44.9 Å². The predicted molar refractivity (Wildman–Crippen MR) is 101 cm³/mol. The molecule has 1 N–H and O–H groups in total. The average molecular weight is 362 g/mol. The second-order valence-corrected chi connectivity index (χ2v) is 7.55. The van der Waals surface area contributed by atoms with Crippen molar-refractivity contribution >= 4 is 21.7 Å². The lowest BCUT2D eigenvalue weighted by molar-refractivity contribution is 0.601. The summed E-state index contributed by atoms with van der Waals surface area (Å²) in [6, 6.07) is 10.3. The van der Waals surface area contributed by atoms with Gasteiger partial charge in [-0.05, 0) is 49.1 Å². The quantitative estimate of drug-likeness (QED) is 0.739. The zero-order chi connectivity index (χ0) is 18.3. The largest absolute Gasteiger partial charge is 0.355 e. The van der Waals surface area contributed by atoms with E-state index >= 15 is 0 Å². The number of hydrogen-bond donors (Lipinski definition) is 1. The molecule has 0 bridgehead atoms. The molecule has 1 aromatic carbocycles. The number of sulfonamides is 1. The summed E-state index contributed by atoms with van der Waals surface area (Å²) in [5.41, 5.74) is 1.09. The Hall–Kier alpha value is -2.15. The number of nitrogens with zero attached hydrogens (tertiary/aromatic N) is 3. The van der Waals surface area contributed by atoms with Gasteiger partial charge in [0.05, 0.1) is 4.90 Å². The molecule has 7 heteroatoms. The van der Waals surface area contributed by atoms with Gasteiger partial charge >= 0.3 is 0 Å². The lowest BCUT2D eigenvalue weighted by Gasteiger charge is -2.21. The second kappa shape index (κ2) is 8.80. The van der Waals surface area contributed by atoms with Gasteiger partial charge in [-0.1, -0.05) is 32.9 Å². The summed E-state index contributed by atoms with van der Waals surface area (Å²) < 4.78 is 27.4. The van der Waals surface area contributed by atoms with Crippen molar-refractivity contribution in [2.24, 2.45) is 0 Å². The number of rotatable bonds is 9. The Morgan fingerprint density at radius 1 is 0.920 bits per heavy atom. The van der Waals surface area contributed by atoms with Crippen molar-refractivity contribution in [3.63, 3.8) is 0 Å².